The summed E-state index contributed by atoms with van der Waals surface area (Å²) in [6, 6.07) is 15.3. The molecule has 110 valence electrons. The molecule has 3 nitrogen and oxygen atoms in total. The normalized spacial score (nSPS) is 10.2. The van der Waals surface area contributed by atoms with E-state index in [-0.39, 0.29) is 0 Å². The zero-order valence-corrected chi connectivity index (χ0v) is 12.6. The number of carbonyl (C=O) groups is 1. The zero-order chi connectivity index (χ0) is 15.1. The van der Waals surface area contributed by atoms with Crippen LogP contribution >= 0.6 is 0 Å². The Bertz CT molecular complexity index is 573. The third-order valence-corrected chi connectivity index (χ3v) is 3.25. The van der Waals surface area contributed by atoms with E-state index >= 15 is 0 Å². The lowest BCUT2D eigenvalue weighted by atomic mass is 10.1. The van der Waals surface area contributed by atoms with Crippen LogP contribution in [0.15, 0.2) is 48.5 Å². The number of anilines is 1. The molecule has 0 atom stereocenters. The van der Waals surface area contributed by atoms with Crippen molar-refractivity contribution in [3.8, 4) is 5.75 Å². The molecule has 0 aliphatic carbocycles. The maximum absolute atomic E-state index is 11.8. The smallest absolute Gasteiger partial charge is 0.410 e. The van der Waals surface area contributed by atoms with E-state index in [9.17, 15) is 4.79 Å². The molecule has 2 aromatic rings. The molecule has 0 aromatic heterocycles. The van der Waals surface area contributed by atoms with Crippen LogP contribution in [0.25, 0.3) is 0 Å². The molecule has 21 heavy (non-hydrogen) atoms. The predicted molar refractivity (Wildman–Crippen MR) is 85.9 cm³/mol. The van der Waals surface area contributed by atoms with Gasteiger partial charge >= 0.3 is 6.09 Å². The predicted octanol–water partition coefficient (Wildman–Crippen LogP) is 4.95. The molecule has 2 aromatic carbocycles. The molecule has 0 unspecified atom stereocenters. The lowest BCUT2D eigenvalue weighted by molar-refractivity contribution is 0.215. The Hall–Kier alpha value is -2.29. The van der Waals surface area contributed by atoms with Gasteiger partial charge < -0.3 is 4.74 Å². The van der Waals surface area contributed by atoms with E-state index < -0.39 is 6.09 Å². The number of ether oxygens (including phenoxy) is 1. The fourth-order valence-corrected chi connectivity index (χ4v) is 1.99. The molecule has 0 aliphatic heterocycles. The second-order valence-electron chi connectivity index (χ2n) is 5.13. The Morgan fingerprint density at radius 2 is 1.71 bits per heavy atom. The van der Waals surface area contributed by atoms with Crippen molar-refractivity contribution in [3.63, 3.8) is 0 Å². The Morgan fingerprint density at radius 3 is 2.33 bits per heavy atom. The molecule has 0 radical (unpaired) electrons. The van der Waals surface area contributed by atoms with Crippen LogP contribution in [0.2, 0.25) is 0 Å². The molecule has 0 bridgehead atoms. The lowest BCUT2D eigenvalue weighted by Gasteiger charge is -2.07. The van der Waals surface area contributed by atoms with Crippen molar-refractivity contribution >= 4 is 11.8 Å². The summed E-state index contributed by atoms with van der Waals surface area (Å²) in [6.45, 7) is 4.18. The minimum atomic E-state index is -0.472. The first-order chi connectivity index (χ1) is 10.2. The third kappa shape index (κ3) is 4.95. The summed E-state index contributed by atoms with van der Waals surface area (Å²) in [7, 11) is 0. The SMILES string of the molecule is CCCCc1ccc(OC(=O)Nc2ccc(C)cc2)cc1. The van der Waals surface area contributed by atoms with Crippen molar-refractivity contribution < 1.29 is 9.53 Å². The van der Waals surface area contributed by atoms with Crippen LogP contribution in [-0.2, 0) is 6.42 Å². The van der Waals surface area contributed by atoms with Crippen molar-refractivity contribution in [1.82, 2.24) is 0 Å². The Morgan fingerprint density at radius 1 is 1.05 bits per heavy atom. The van der Waals surface area contributed by atoms with E-state index in [2.05, 4.69) is 12.2 Å². The van der Waals surface area contributed by atoms with Gasteiger partial charge in [-0.2, -0.15) is 0 Å². The molecule has 1 amide bonds. The van der Waals surface area contributed by atoms with E-state index in [4.69, 9.17) is 4.74 Å². The highest BCUT2D eigenvalue weighted by Gasteiger charge is 2.05. The summed E-state index contributed by atoms with van der Waals surface area (Å²) in [5, 5.41) is 2.71. The minimum Gasteiger partial charge on any atom is -0.410 e. The highest BCUT2D eigenvalue weighted by Crippen LogP contribution is 2.15. The van der Waals surface area contributed by atoms with E-state index in [1.54, 1.807) is 0 Å². The molecule has 0 saturated heterocycles. The van der Waals surface area contributed by atoms with E-state index in [0.717, 1.165) is 17.7 Å². The first-order valence-corrected chi connectivity index (χ1v) is 7.32. The van der Waals surface area contributed by atoms with Gasteiger partial charge in [-0.25, -0.2) is 4.79 Å². The Labute approximate surface area is 126 Å². The van der Waals surface area contributed by atoms with Crippen molar-refractivity contribution in [3.05, 3.63) is 59.7 Å². The monoisotopic (exact) mass is 283 g/mol. The number of nitrogens with one attached hydrogen (secondary N) is 1. The van der Waals surface area contributed by atoms with Crippen LogP contribution in [0.1, 0.15) is 30.9 Å². The number of hydrogen-bond donors (Lipinski definition) is 1. The molecule has 0 spiro atoms. The molecular weight excluding hydrogens is 262 g/mol. The standard InChI is InChI=1S/C18H21NO2/c1-3-4-5-15-8-12-17(13-9-15)21-18(20)19-16-10-6-14(2)7-11-16/h6-13H,3-5H2,1-2H3,(H,19,20). The summed E-state index contributed by atoms with van der Waals surface area (Å²) >= 11 is 0. The maximum Gasteiger partial charge on any atom is 0.417 e. The van der Waals surface area contributed by atoms with Crippen LogP contribution in [0.5, 0.6) is 5.75 Å². The molecule has 2 rings (SSSR count). The largest absolute Gasteiger partial charge is 0.417 e. The van der Waals surface area contributed by atoms with Gasteiger partial charge in [0.25, 0.3) is 0 Å². The van der Waals surface area contributed by atoms with Gasteiger partial charge in [-0.15, -0.1) is 0 Å². The van der Waals surface area contributed by atoms with Gasteiger partial charge in [-0.3, -0.25) is 5.32 Å². The molecule has 1 N–H and O–H groups in total. The van der Waals surface area contributed by atoms with Gasteiger partial charge in [0.05, 0.1) is 0 Å². The molecule has 3 heteroatoms. The summed E-state index contributed by atoms with van der Waals surface area (Å²) in [5.74, 6) is 0.555. The number of benzene rings is 2. The van der Waals surface area contributed by atoms with E-state index in [1.807, 2.05) is 55.5 Å². The van der Waals surface area contributed by atoms with Crippen LogP contribution in [-0.4, -0.2) is 6.09 Å². The third-order valence-electron chi connectivity index (χ3n) is 3.25. The summed E-state index contributed by atoms with van der Waals surface area (Å²) in [5.41, 5.74) is 3.14. The first kappa shape index (κ1) is 15.1. The molecule has 0 aliphatic rings. The van der Waals surface area contributed by atoms with Gasteiger partial charge in [0.15, 0.2) is 0 Å². The molecule has 0 heterocycles. The highest BCUT2D eigenvalue weighted by molar-refractivity contribution is 5.86. The van der Waals surface area contributed by atoms with Gasteiger partial charge in [0.2, 0.25) is 0 Å². The molecular formula is C18H21NO2. The van der Waals surface area contributed by atoms with E-state index in [1.165, 1.54) is 18.4 Å². The molecule has 0 saturated carbocycles. The second kappa shape index (κ2) is 7.48. The van der Waals surface area contributed by atoms with Crippen molar-refractivity contribution in [2.24, 2.45) is 0 Å². The minimum absolute atomic E-state index is 0.472. The van der Waals surface area contributed by atoms with Gasteiger partial charge in [-0.05, 0) is 49.6 Å². The maximum atomic E-state index is 11.8. The first-order valence-electron chi connectivity index (χ1n) is 7.32. The van der Waals surface area contributed by atoms with Crippen LogP contribution in [0.4, 0.5) is 10.5 Å². The van der Waals surface area contributed by atoms with Crippen LogP contribution in [0, 0.1) is 6.92 Å². The average molecular weight is 283 g/mol. The Balaban J connectivity index is 1.88. The number of aryl methyl sites for hydroxylation is 2. The highest BCUT2D eigenvalue weighted by atomic mass is 16.6. The summed E-state index contributed by atoms with van der Waals surface area (Å²) in [4.78, 5) is 11.8. The van der Waals surface area contributed by atoms with Crippen LogP contribution < -0.4 is 10.1 Å². The zero-order valence-electron chi connectivity index (χ0n) is 12.6. The quantitative estimate of drug-likeness (QED) is 0.843. The van der Waals surface area contributed by atoms with Crippen LogP contribution in [0.3, 0.4) is 0 Å². The number of unbranched alkanes of at least 4 members (excludes halogenated alkanes) is 1. The van der Waals surface area contributed by atoms with Gasteiger partial charge in [-0.1, -0.05) is 43.2 Å². The summed E-state index contributed by atoms with van der Waals surface area (Å²) in [6.07, 6.45) is 2.94. The average Bonchev–Trinajstić information content (AvgIpc) is 2.49. The summed E-state index contributed by atoms with van der Waals surface area (Å²) < 4.78 is 5.26. The fraction of sp³-hybridized carbons (Fsp3) is 0.278. The number of rotatable bonds is 5. The van der Waals surface area contributed by atoms with Crippen molar-refractivity contribution in [1.29, 1.82) is 0 Å². The van der Waals surface area contributed by atoms with Crippen molar-refractivity contribution in [2.45, 2.75) is 33.1 Å². The van der Waals surface area contributed by atoms with Gasteiger partial charge in [0, 0.05) is 5.69 Å². The van der Waals surface area contributed by atoms with E-state index in [0.29, 0.717) is 5.75 Å². The lowest BCUT2D eigenvalue weighted by Crippen LogP contribution is -2.16. The topological polar surface area (TPSA) is 38.3 Å². The number of carbonyl (C=O) groups excluding carboxylic acids is 1. The fourth-order valence-electron chi connectivity index (χ4n) is 1.99. The Kier molecular flexibility index (Phi) is 5.38. The van der Waals surface area contributed by atoms with Gasteiger partial charge in [0.1, 0.15) is 5.75 Å². The second-order valence-corrected chi connectivity index (χ2v) is 5.13. The van der Waals surface area contributed by atoms with Crippen molar-refractivity contribution in [2.75, 3.05) is 5.32 Å². The number of amides is 1. The number of hydrogen-bond acceptors (Lipinski definition) is 2. The molecule has 0 fully saturated rings.